The van der Waals surface area contributed by atoms with E-state index >= 15 is 0 Å². The van der Waals surface area contributed by atoms with Crippen LogP contribution in [0.4, 0.5) is 0 Å². The van der Waals surface area contributed by atoms with Crippen molar-refractivity contribution >= 4 is 5.78 Å². The average molecular weight is 447 g/mol. The van der Waals surface area contributed by atoms with Crippen LogP contribution in [-0.4, -0.2) is 94.2 Å². The van der Waals surface area contributed by atoms with Gasteiger partial charge in [-0.3, -0.25) is 4.79 Å². The number of hydrogen-bond donors (Lipinski definition) is 4. The van der Waals surface area contributed by atoms with Crippen LogP contribution in [0.25, 0.3) is 0 Å². The number of rotatable bonds is 3. The third-order valence-electron chi connectivity index (χ3n) is 8.46. The summed E-state index contributed by atoms with van der Waals surface area (Å²) >= 11 is 0. The van der Waals surface area contributed by atoms with E-state index in [1.807, 2.05) is 6.07 Å². The summed E-state index contributed by atoms with van der Waals surface area (Å²) < 4.78 is 17.8. The number of ether oxygens (including phenoxy) is 3. The van der Waals surface area contributed by atoms with E-state index < -0.39 is 43.4 Å². The van der Waals surface area contributed by atoms with Crippen LogP contribution in [0, 0.1) is 5.92 Å². The Morgan fingerprint density at radius 2 is 2.03 bits per heavy atom. The van der Waals surface area contributed by atoms with Crippen molar-refractivity contribution in [3.05, 3.63) is 23.3 Å². The SMILES string of the molecule is CN1CC[C@]23c4c5ccc(OC6O[C@H](CO)[C@@H](O)[C@H](O)[C@H]6O)c4O[C@H]2C(=O)CC[C@H]3[C@H]1C5. The van der Waals surface area contributed by atoms with Crippen molar-refractivity contribution in [2.45, 2.75) is 73.9 Å². The number of hydrogen-bond acceptors (Lipinski definition) is 9. The molecule has 1 spiro atoms. The van der Waals surface area contributed by atoms with Crippen molar-refractivity contribution < 1.29 is 39.4 Å². The first-order chi connectivity index (χ1) is 15.4. The van der Waals surface area contributed by atoms with Gasteiger partial charge in [0.1, 0.15) is 24.4 Å². The summed E-state index contributed by atoms with van der Waals surface area (Å²) in [7, 11) is 2.15. The van der Waals surface area contributed by atoms with Gasteiger partial charge in [-0.15, -0.1) is 0 Å². The molecular weight excluding hydrogens is 418 g/mol. The van der Waals surface area contributed by atoms with Gasteiger partial charge in [-0.2, -0.15) is 0 Å². The van der Waals surface area contributed by atoms with E-state index in [4.69, 9.17) is 14.2 Å². The van der Waals surface area contributed by atoms with Crippen molar-refractivity contribution in [2.75, 3.05) is 20.2 Å². The molecule has 6 rings (SSSR count). The molecule has 0 radical (unpaired) electrons. The molecule has 5 aliphatic rings. The first kappa shape index (κ1) is 20.8. The summed E-state index contributed by atoms with van der Waals surface area (Å²) in [5.74, 6) is 1.31. The number of benzene rings is 1. The number of Topliss-reactive ketones (excluding diaryl/α,β-unsaturated/α-hetero) is 1. The van der Waals surface area contributed by atoms with Gasteiger partial charge >= 0.3 is 0 Å². The third kappa shape index (κ3) is 2.58. The fourth-order valence-corrected chi connectivity index (χ4v) is 6.89. The maximum Gasteiger partial charge on any atom is 0.229 e. The van der Waals surface area contributed by atoms with Crippen LogP contribution in [0.2, 0.25) is 0 Å². The zero-order chi connectivity index (χ0) is 22.4. The summed E-state index contributed by atoms with van der Waals surface area (Å²) in [5.41, 5.74) is 1.85. The predicted molar refractivity (Wildman–Crippen MR) is 109 cm³/mol. The van der Waals surface area contributed by atoms with E-state index in [1.165, 1.54) is 0 Å². The lowest BCUT2D eigenvalue weighted by Crippen LogP contribution is -2.65. The number of carbonyl (C=O) groups is 1. The molecule has 1 unspecified atom stereocenters. The minimum Gasteiger partial charge on any atom is -0.477 e. The standard InChI is InChI=1S/C23H29NO8/c1-24-7-6-23-11-3-4-13(26)21(23)32-20-14(5-2-10(16(20)23)8-12(11)24)30-22-19(29)18(28)17(27)15(9-25)31-22/h2,5,11-12,15,17-19,21-22,25,27-29H,3-4,6-9H2,1H3/t11-,12+,15+,17+,18-,19+,21-,22?,23-/m0/s1. The molecule has 9 atom stereocenters. The van der Waals surface area contributed by atoms with E-state index in [-0.39, 0.29) is 11.2 Å². The molecule has 174 valence electrons. The number of likely N-dealkylation sites (tertiary alicyclic amines) is 1. The highest BCUT2D eigenvalue weighted by atomic mass is 16.7. The molecule has 3 fully saturated rings. The molecule has 2 bridgehead atoms. The quantitative estimate of drug-likeness (QED) is 0.466. The Kier molecular flexibility index (Phi) is 4.64. The van der Waals surface area contributed by atoms with Crippen molar-refractivity contribution in [3.63, 3.8) is 0 Å². The van der Waals surface area contributed by atoms with Crippen LogP contribution >= 0.6 is 0 Å². The number of aliphatic hydroxyl groups excluding tert-OH is 4. The molecule has 3 heterocycles. The first-order valence-corrected chi connectivity index (χ1v) is 11.4. The second-order valence-corrected chi connectivity index (χ2v) is 9.89. The minimum absolute atomic E-state index is 0.118. The van der Waals surface area contributed by atoms with Gasteiger partial charge in [0.25, 0.3) is 0 Å². The van der Waals surface area contributed by atoms with Gasteiger partial charge in [0.15, 0.2) is 23.4 Å². The second kappa shape index (κ2) is 7.12. The molecule has 0 aromatic heterocycles. The fraction of sp³-hybridized carbons (Fsp3) is 0.696. The second-order valence-electron chi connectivity index (χ2n) is 9.89. The van der Waals surface area contributed by atoms with Gasteiger partial charge < -0.3 is 39.5 Å². The van der Waals surface area contributed by atoms with Crippen LogP contribution in [0.3, 0.4) is 0 Å². The maximum atomic E-state index is 13.0. The van der Waals surface area contributed by atoms with E-state index in [0.717, 1.165) is 36.9 Å². The zero-order valence-electron chi connectivity index (χ0n) is 17.9. The lowest BCUT2D eigenvalue weighted by Gasteiger charge is -2.57. The summed E-state index contributed by atoms with van der Waals surface area (Å²) in [6.45, 7) is 0.361. The van der Waals surface area contributed by atoms with Crippen molar-refractivity contribution in [2.24, 2.45) is 5.92 Å². The van der Waals surface area contributed by atoms with Gasteiger partial charge in [-0.25, -0.2) is 0 Å². The molecule has 32 heavy (non-hydrogen) atoms. The third-order valence-corrected chi connectivity index (χ3v) is 8.46. The highest BCUT2D eigenvalue weighted by molar-refractivity contribution is 5.89. The lowest BCUT2D eigenvalue weighted by atomic mass is 9.52. The summed E-state index contributed by atoms with van der Waals surface area (Å²) in [6.07, 6.45) is -4.32. The Hall–Kier alpha value is -1.75. The fourth-order valence-electron chi connectivity index (χ4n) is 6.89. The Morgan fingerprint density at radius 1 is 1.22 bits per heavy atom. The molecule has 1 aromatic rings. The van der Waals surface area contributed by atoms with E-state index in [9.17, 15) is 25.2 Å². The molecule has 1 aromatic carbocycles. The maximum absolute atomic E-state index is 13.0. The van der Waals surface area contributed by atoms with E-state index in [0.29, 0.717) is 29.9 Å². The van der Waals surface area contributed by atoms with Crippen molar-refractivity contribution in [1.82, 2.24) is 4.90 Å². The number of piperidine rings is 1. The highest BCUT2D eigenvalue weighted by Crippen LogP contribution is 2.63. The van der Waals surface area contributed by atoms with Gasteiger partial charge in [0.2, 0.25) is 6.29 Å². The molecule has 1 saturated carbocycles. The number of aliphatic hydroxyl groups is 4. The Bertz CT molecular complexity index is 952. The van der Waals surface area contributed by atoms with Gasteiger partial charge in [0.05, 0.1) is 6.61 Å². The Labute approximate surface area is 185 Å². The topological polar surface area (TPSA) is 129 Å². The Morgan fingerprint density at radius 3 is 2.81 bits per heavy atom. The number of carbonyl (C=O) groups excluding carboxylic acids is 1. The molecule has 4 N–H and O–H groups in total. The van der Waals surface area contributed by atoms with Crippen LogP contribution in [-0.2, 0) is 21.4 Å². The van der Waals surface area contributed by atoms with Crippen LogP contribution in [0.5, 0.6) is 11.5 Å². The summed E-state index contributed by atoms with van der Waals surface area (Å²) in [6, 6.07) is 4.12. The van der Waals surface area contributed by atoms with E-state index in [2.05, 4.69) is 11.9 Å². The van der Waals surface area contributed by atoms with Crippen molar-refractivity contribution in [1.29, 1.82) is 0 Å². The van der Waals surface area contributed by atoms with Crippen molar-refractivity contribution in [3.8, 4) is 11.5 Å². The van der Waals surface area contributed by atoms with Gasteiger partial charge in [-0.05, 0) is 50.4 Å². The van der Waals surface area contributed by atoms with Crippen LogP contribution in [0.15, 0.2) is 12.1 Å². The molecule has 2 aliphatic carbocycles. The number of likely N-dealkylation sites (N-methyl/N-ethyl adjacent to an activating group) is 1. The average Bonchev–Trinajstić information content (AvgIpc) is 3.14. The smallest absolute Gasteiger partial charge is 0.229 e. The normalized spacial score (nSPS) is 44.7. The largest absolute Gasteiger partial charge is 0.477 e. The molecule has 3 aliphatic heterocycles. The Balaban J connectivity index is 1.41. The highest BCUT2D eigenvalue weighted by Gasteiger charge is 2.65. The monoisotopic (exact) mass is 447 g/mol. The summed E-state index contributed by atoms with van der Waals surface area (Å²) in [4.78, 5) is 15.4. The van der Waals surface area contributed by atoms with Crippen LogP contribution in [0.1, 0.15) is 30.4 Å². The van der Waals surface area contributed by atoms with Crippen LogP contribution < -0.4 is 9.47 Å². The molecule has 2 saturated heterocycles. The lowest BCUT2D eigenvalue weighted by molar-refractivity contribution is -0.277. The number of ketones is 1. The molecular formula is C23H29NO8. The molecule has 9 nitrogen and oxygen atoms in total. The first-order valence-electron chi connectivity index (χ1n) is 11.4. The predicted octanol–water partition coefficient (Wildman–Crippen LogP) is -0.897. The van der Waals surface area contributed by atoms with Gasteiger partial charge in [0, 0.05) is 23.4 Å². The zero-order valence-corrected chi connectivity index (χ0v) is 17.9. The summed E-state index contributed by atoms with van der Waals surface area (Å²) in [5, 5.41) is 40.0. The van der Waals surface area contributed by atoms with E-state index in [1.54, 1.807) is 6.07 Å². The minimum atomic E-state index is -1.53. The molecule has 0 amide bonds. The number of nitrogens with zero attached hydrogens (tertiary/aromatic N) is 1. The van der Waals surface area contributed by atoms with Gasteiger partial charge in [-0.1, -0.05) is 6.07 Å². The molecule has 9 heteroatoms.